The van der Waals surface area contributed by atoms with E-state index >= 15 is 0 Å². The maximum absolute atomic E-state index is 11.5. The Balaban J connectivity index is 2.03. The van der Waals surface area contributed by atoms with Gasteiger partial charge in [-0.15, -0.1) is 0 Å². The third-order valence-electron chi connectivity index (χ3n) is 2.94. The van der Waals surface area contributed by atoms with E-state index in [9.17, 15) is 4.79 Å². The van der Waals surface area contributed by atoms with Gasteiger partial charge in [-0.1, -0.05) is 13.8 Å². The van der Waals surface area contributed by atoms with Gasteiger partial charge in [0.15, 0.2) is 0 Å². The molecule has 1 rings (SSSR count). The normalized spacial score (nSPS) is 21.2. The van der Waals surface area contributed by atoms with Crippen LogP contribution in [0.3, 0.4) is 0 Å². The van der Waals surface area contributed by atoms with Crippen molar-refractivity contribution >= 4 is 5.91 Å². The lowest BCUT2D eigenvalue weighted by molar-refractivity contribution is -0.121. The summed E-state index contributed by atoms with van der Waals surface area (Å²) in [5.74, 6) is 0.669. The zero-order valence-electron chi connectivity index (χ0n) is 11.1. The minimum Gasteiger partial charge on any atom is -0.381 e. The first kappa shape index (κ1) is 14.5. The molecule has 1 unspecified atom stereocenters. The first-order chi connectivity index (χ1) is 8.18. The van der Waals surface area contributed by atoms with Crippen molar-refractivity contribution in [1.82, 2.24) is 10.6 Å². The maximum Gasteiger partial charge on any atom is 0.221 e. The Bertz CT molecular complexity index is 211. The van der Waals surface area contributed by atoms with Crippen LogP contribution in [0.4, 0.5) is 0 Å². The van der Waals surface area contributed by atoms with E-state index in [-0.39, 0.29) is 5.91 Å². The zero-order valence-corrected chi connectivity index (χ0v) is 11.1. The summed E-state index contributed by atoms with van der Waals surface area (Å²) in [5, 5.41) is 6.37. The minimum absolute atomic E-state index is 0.149. The van der Waals surface area contributed by atoms with E-state index in [0.717, 1.165) is 45.6 Å². The van der Waals surface area contributed by atoms with Crippen LogP contribution in [0.15, 0.2) is 0 Å². The van der Waals surface area contributed by atoms with Crippen LogP contribution in [0.25, 0.3) is 0 Å². The first-order valence-corrected chi connectivity index (χ1v) is 6.76. The Hall–Kier alpha value is -0.610. The molecule has 2 N–H and O–H groups in total. The molecule has 4 heteroatoms. The Kier molecular flexibility index (Phi) is 7.21. The largest absolute Gasteiger partial charge is 0.381 e. The molecule has 1 aliphatic rings. The SMILES string of the molecule is CC(C)CNC(=O)CCNC1CCCOCC1. The van der Waals surface area contributed by atoms with Gasteiger partial charge in [-0.05, 0) is 25.2 Å². The van der Waals surface area contributed by atoms with Gasteiger partial charge in [0.05, 0.1) is 0 Å². The molecule has 0 radical (unpaired) electrons. The van der Waals surface area contributed by atoms with Crippen LogP contribution in [-0.4, -0.2) is 38.3 Å². The molecular formula is C13H26N2O2. The van der Waals surface area contributed by atoms with E-state index in [0.29, 0.717) is 18.4 Å². The molecule has 0 spiro atoms. The summed E-state index contributed by atoms with van der Waals surface area (Å²) in [5.41, 5.74) is 0. The average molecular weight is 242 g/mol. The molecule has 0 aromatic heterocycles. The molecule has 1 aliphatic heterocycles. The highest BCUT2D eigenvalue weighted by Crippen LogP contribution is 2.07. The summed E-state index contributed by atoms with van der Waals surface area (Å²) in [6, 6.07) is 0.524. The van der Waals surface area contributed by atoms with Crippen LogP contribution in [0.2, 0.25) is 0 Å². The van der Waals surface area contributed by atoms with Gasteiger partial charge >= 0.3 is 0 Å². The highest BCUT2D eigenvalue weighted by molar-refractivity contribution is 5.76. The monoisotopic (exact) mass is 242 g/mol. The quantitative estimate of drug-likeness (QED) is 0.738. The molecule has 4 nitrogen and oxygen atoms in total. The highest BCUT2D eigenvalue weighted by atomic mass is 16.5. The van der Waals surface area contributed by atoms with Gasteiger partial charge in [0.25, 0.3) is 0 Å². The Morgan fingerprint density at radius 1 is 1.35 bits per heavy atom. The lowest BCUT2D eigenvalue weighted by atomic mass is 10.1. The lowest BCUT2D eigenvalue weighted by Gasteiger charge is -2.15. The third kappa shape index (κ3) is 7.34. The Morgan fingerprint density at radius 3 is 2.94 bits per heavy atom. The van der Waals surface area contributed by atoms with E-state index in [1.165, 1.54) is 0 Å². The average Bonchev–Trinajstić information content (AvgIpc) is 2.55. The minimum atomic E-state index is 0.149. The maximum atomic E-state index is 11.5. The van der Waals surface area contributed by atoms with Crippen molar-refractivity contribution in [2.24, 2.45) is 5.92 Å². The number of nitrogens with one attached hydrogen (secondary N) is 2. The van der Waals surface area contributed by atoms with Gasteiger partial charge in [0.1, 0.15) is 0 Å². The summed E-state index contributed by atoms with van der Waals surface area (Å²) in [6.07, 6.45) is 3.92. The third-order valence-corrected chi connectivity index (χ3v) is 2.94. The van der Waals surface area contributed by atoms with Crippen molar-refractivity contribution in [3.05, 3.63) is 0 Å². The van der Waals surface area contributed by atoms with Gasteiger partial charge in [-0.25, -0.2) is 0 Å². The number of hydrogen-bond acceptors (Lipinski definition) is 3. The fourth-order valence-corrected chi connectivity index (χ4v) is 1.90. The topological polar surface area (TPSA) is 50.4 Å². The van der Waals surface area contributed by atoms with Crippen molar-refractivity contribution < 1.29 is 9.53 Å². The smallest absolute Gasteiger partial charge is 0.221 e. The van der Waals surface area contributed by atoms with E-state index in [1.54, 1.807) is 0 Å². The van der Waals surface area contributed by atoms with E-state index < -0.39 is 0 Å². The number of rotatable bonds is 6. The molecule has 17 heavy (non-hydrogen) atoms. The number of hydrogen-bond donors (Lipinski definition) is 2. The van der Waals surface area contributed by atoms with Crippen molar-refractivity contribution in [1.29, 1.82) is 0 Å². The predicted molar refractivity (Wildman–Crippen MR) is 68.9 cm³/mol. The van der Waals surface area contributed by atoms with Crippen LogP contribution in [0.1, 0.15) is 39.5 Å². The molecule has 0 bridgehead atoms. The highest BCUT2D eigenvalue weighted by Gasteiger charge is 2.11. The second-order valence-corrected chi connectivity index (χ2v) is 5.14. The molecule has 1 fully saturated rings. The molecular weight excluding hydrogens is 216 g/mol. The zero-order chi connectivity index (χ0) is 12.5. The molecule has 0 saturated carbocycles. The summed E-state index contributed by atoms with van der Waals surface area (Å²) >= 11 is 0. The summed E-state index contributed by atoms with van der Waals surface area (Å²) < 4.78 is 5.40. The second kappa shape index (κ2) is 8.48. The van der Waals surface area contributed by atoms with Gasteiger partial charge < -0.3 is 15.4 Å². The van der Waals surface area contributed by atoms with Crippen LogP contribution >= 0.6 is 0 Å². The summed E-state index contributed by atoms with van der Waals surface area (Å²) in [4.78, 5) is 11.5. The summed E-state index contributed by atoms with van der Waals surface area (Å²) in [6.45, 7) is 7.48. The number of carbonyl (C=O) groups is 1. The number of ether oxygens (including phenoxy) is 1. The molecule has 1 saturated heterocycles. The Morgan fingerprint density at radius 2 is 2.18 bits per heavy atom. The second-order valence-electron chi connectivity index (χ2n) is 5.14. The van der Waals surface area contributed by atoms with E-state index in [1.807, 2.05) is 0 Å². The van der Waals surface area contributed by atoms with Crippen LogP contribution < -0.4 is 10.6 Å². The van der Waals surface area contributed by atoms with Crippen LogP contribution in [0.5, 0.6) is 0 Å². The van der Waals surface area contributed by atoms with Gasteiger partial charge in [-0.2, -0.15) is 0 Å². The van der Waals surface area contributed by atoms with Crippen molar-refractivity contribution in [2.75, 3.05) is 26.3 Å². The van der Waals surface area contributed by atoms with Crippen LogP contribution in [-0.2, 0) is 9.53 Å². The number of amides is 1. The molecule has 0 aromatic rings. The molecule has 1 atom stereocenters. The fraction of sp³-hybridized carbons (Fsp3) is 0.923. The molecule has 0 aliphatic carbocycles. The van der Waals surface area contributed by atoms with Gasteiger partial charge in [0.2, 0.25) is 5.91 Å². The lowest BCUT2D eigenvalue weighted by Crippen LogP contribution is -2.34. The van der Waals surface area contributed by atoms with Crippen molar-refractivity contribution in [2.45, 2.75) is 45.6 Å². The molecule has 1 heterocycles. The van der Waals surface area contributed by atoms with E-state index in [2.05, 4.69) is 24.5 Å². The molecule has 100 valence electrons. The molecule has 0 aromatic carbocycles. The summed E-state index contributed by atoms with van der Waals surface area (Å²) in [7, 11) is 0. The van der Waals surface area contributed by atoms with Gasteiger partial charge in [-0.3, -0.25) is 4.79 Å². The fourth-order valence-electron chi connectivity index (χ4n) is 1.90. The molecule has 1 amide bonds. The van der Waals surface area contributed by atoms with Crippen LogP contribution in [0, 0.1) is 5.92 Å². The van der Waals surface area contributed by atoms with Gasteiger partial charge in [0, 0.05) is 38.8 Å². The standard InChI is InChI=1S/C13H26N2O2/c1-11(2)10-15-13(16)5-7-14-12-4-3-8-17-9-6-12/h11-12,14H,3-10H2,1-2H3,(H,15,16). The van der Waals surface area contributed by atoms with Crippen molar-refractivity contribution in [3.63, 3.8) is 0 Å². The predicted octanol–water partition coefficient (Wildman–Crippen LogP) is 1.31. The first-order valence-electron chi connectivity index (χ1n) is 6.76. The number of carbonyl (C=O) groups excluding carboxylic acids is 1. The Labute approximate surface area is 104 Å². The van der Waals surface area contributed by atoms with Crippen molar-refractivity contribution in [3.8, 4) is 0 Å². The van der Waals surface area contributed by atoms with E-state index in [4.69, 9.17) is 4.74 Å².